The van der Waals surface area contributed by atoms with E-state index in [2.05, 4.69) is 27.0 Å². The van der Waals surface area contributed by atoms with Gasteiger partial charge < -0.3 is 9.42 Å². The van der Waals surface area contributed by atoms with Gasteiger partial charge in [-0.15, -0.1) is 0 Å². The van der Waals surface area contributed by atoms with Crippen molar-refractivity contribution in [2.75, 3.05) is 6.54 Å². The molecule has 2 aromatic heterocycles. The lowest BCUT2D eigenvalue weighted by Crippen LogP contribution is -2.30. The van der Waals surface area contributed by atoms with Crippen LogP contribution < -0.4 is 0 Å². The lowest BCUT2D eigenvalue weighted by atomic mass is 10.1. The topological polar surface area (TPSA) is 59.2 Å². The number of carbonyl (C=O) groups excluding carboxylic acids is 1. The molecule has 0 saturated carbocycles. The molecule has 1 atom stereocenters. The monoisotopic (exact) mass is 319 g/mol. The number of aromatic nitrogens is 2. The molecule has 0 radical (unpaired) electrons. The van der Waals surface area contributed by atoms with Crippen LogP contribution in [0.5, 0.6) is 0 Å². The van der Waals surface area contributed by atoms with E-state index in [4.69, 9.17) is 4.52 Å². The standard InChI is InChI=1S/C16H21N3O2S/c1-11(2)16-17-14(21-18-16)5-6-15(20)19-8-3-4-13(19)12-7-9-22-10-12/h7,9-11,13H,3-6,8H2,1-2H3/t13-/m1/s1. The van der Waals surface area contributed by atoms with Gasteiger partial charge in [0.25, 0.3) is 0 Å². The molecule has 1 saturated heterocycles. The molecule has 6 heteroatoms. The molecule has 0 unspecified atom stereocenters. The molecule has 22 heavy (non-hydrogen) atoms. The minimum absolute atomic E-state index is 0.179. The van der Waals surface area contributed by atoms with Crippen molar-refractivity contribution in [3.63, 3.8) is 0 Å². The molecule has 1 fully saturated rings. The van der Waals surface area contributed by atoms with E-state index < -0.39 is 0 Å². The summed E-state index contributed by atoms with van der Waals surface area (Å²) >= 11 is 1.68. The molecule has 0 spiro atoms. The Bertz CT molecular complexity index is 621. The Morgan fingerprint density at radius 3 is 3.09 bits per heavy atom. The summed E-state index contributed by atoms with van der Waals surface area (Å²) in [5, 5.41) is 8.15. The summed E-state index contributed by atoms with van der Waals surface area (Å²) in [7, 11) is 0. The van der Waals surface area contributed by atoms with Crippen LogP contribution in [0.4, 0.5) is 0 Å². The van der Waals surface area contributed by atoms with Crippen LogP contribution >= 0.6 is 11.3 Å². The number of amides is 1. The summed E-state index contributed by atoms with van der Waals surface area (Å²) in [5.74, 6) is 1.69. The Morgan fingerprint density at radius 2 is 2.41 bits per heavy atom. The van der Waals surface area contributed by atoms with Crippen LogP contribution in [0.1, 0.15) is 62.3 Å². The van der Waals surface area contributed by atoms with Gasteiger partial charge in [-0.1, -0.05) is 19.0 Å². The fraction of sp³-hybridized carbons (Fsp3) is 0.562. The molecule has 0 aliphatic carbocycles. The van der Waals surface area contributed by atoms with Crippen molar-refractivity contribution in [3.8, 4) is 0 Å². The highest BCUT2D eigenvalue weighted by Crippen LogP contribution is 2.33. The molecule has 0 aromatic carbocycles. The highest BCUT2D eigenvalue weighted by atomic mass is 32.1. The number of rotatable bonds is 5. The van der Waals surface area contributed by atoms with Crippen LogP contribution in [-0.2, 0) is 11.2 Å². The molecule has 3 heterocycles. The van der Waals surface area contributed by atoms with Crippen LogP contribution in [0, 0.1) is 0 Å². The predicted molar refractivity (Wildman–Crippen MR) is 84.7 cm³/mol. The first-order chi connectivity index (χ1) is 10.6. The Hall–Kier alpha value is -1.69. The molecule has 0 N–H and O–H groups in total. The van der Waals surface area contributed by atoms with Gasteiger partial charge in [0.05, 0.1) is 6.04 Å². The van der Waals surface area contributed by atoms with Crippen LogP contribution in [0.3, 0.4) is 0 Å². The number of carbonyl (C=O) groups is 1. The summed E-state index contributed by atoms with van der Waals surface area (Å²) in [4.78, 5) is 18.8. The normalized spacial score (nSPS) is 18.3. The third kappa shape index (κ3) is 3.21. The van der Waals surface area contributed by atoms with Crippen LogP contribution in [0.2, 0.25) is 0 Å². The van der Waals surface area contributed by atoms with Crippen molar-refractivity contribution < 1.29 is 9.32 Å². The molecular formula is C16H21N3O2S. The van der Waals surface area contributed by atoms with Crippen LogP contribution in [0.25, 0.3) is 0 Å². The average molecular weight is 319 g/mol. The Balaban J connectivity index is 1.59. The Labute approximate surface area is 134 Å². The Morgan fingerprint density at radius 1 is 1.55 bits per heavy atom. The van der Waals surface area contributed by atoms with Gasteiger partial charge in [-0.05, 0) is 35.2 Å². The quantitative estimate of drug-likeness (QED) is 0.845. The number of nitrogens with zero attached hydrogens (tertiary/aromatic N) is 3. The zero-order chi connectivity index (χ0) is 15.5. The summed E-state index contributed by atoms with van der Waals surface area (Å²) in [6.45, 7) is 4.89. The highest BCUT2D eigenvalue weighted by molar-refractivity contribution is 7.07. The van der Waals surface area contributed by atoms with Gasteiger partial charge >= 0.3 is 0 Å². The molecule has 118 valence electrons. The van der Waals surface area contributed by atoms with Gasteiger partial charge in [-0.25, -0.2) is 0 Å². The van der Waals surface area contributed by atoms with E-state index in [1.54, 1.807) is 11.3 Å². The molecule has 1 aliphatic rings. The predicted octanol–water partition coefficient (Wildman–Crippen LogP) is 3.55. The largest absolute Gasteiger partial charge is 0.339 e. The maximum absolute atomic E-state index is 12.5. The second kappa shape index (κ2) is 6.60. The van der Waals surface area contributed by atoms with Crippen molar-refractivity contribution in [1.82, 2.24) is 15.0 Å². The van der Waals surface area contributed by atoms with Crippen molar-refractivity contribution in [2.45, 2.75) is 51.5 Å². The van der Waals surface area contributed by atoms with E-state index in [-0.39, 0.29) is 17.9 Å². The molecule has 2 aromatic rings. The molecule has 3 rings (SSSR count). The van der Waals surface area contributed by atoms with Crippen LogP contribution in [-0.4, -0.2) is 27.5 Å². The summed E-state index contributed by atoms with van der Waals surface area (Å²) in [6, 6.07) is 2.36. The minimum Gasteiger partial charge on any atom is -0.339 e. The maximum Gasteiger partial charge on any atom is 0.227 e. The number of hydrogen-bond acceptors (Lipinski definition) is 5. The highest BCUT2D eigenvalue weighted by Gasteiger charge is 2.30. The maximum atomic E-state index is 12.5. The van der Waals surface area contributed by atoms with Gasteiger partial charge in [0.1, 0.15) is 0 Å². The average Bonchev–Trinajstić information content (AvgIpc) is 3.23. The second-order valence-electron chi connectivity index (χ2n) is 6.00. The molecule has 0 bridgehead atoms. The van der Waals surface area contributed by atoms with E-state index in [9.17, 15) is 4.79 Å². The first-order valence-corrected chi connectivity index (χ1v) is 8.73. The van der Waals surface area contributed by atoms with E-state index in [1.807, 2.05) is 18.7 Å². The molecule has 1 amide bonds. The van der Waals surface area contributed by atoms with Gasteiger partial charge in [0, 0.05) is 25.3 Å². The fourth-order valence-corrected chi connectivity index (χ4v) is 3.55. The van der Waals surface area contributed by atoms with Crippen molar-refractivity contribution in [3.05, 3.63) is 34.1 Å². The van der Waals surface area contributed by atoms with Crippen molar-refractivity contribution in [1.29, 1.82) is 0 Å². The number of aryl methyl sites for hydroxylation is 1. The Kier molecular flexibility index (Phi) is 4.57. The lowest BCUT2D eigenvalue weighted by molar-refractivity contribution is -0.132. The number of hydrogen-bond donors (Lipinski definition) is 0. The van der Waals surface area contributed by atoms with E-state index in [0.29, 0.717) is 24.6 Å². The van der Waals surface area contributed by atoms with E-state index >= 15 is 0 Å². The third-order valence-electron chi connectivity index (χ3n) is 4.05. The SMILES string of the molecule is CC(C)c1noc(CCC(=O)N2CCC[C@@H]2c2ccsc2)n1. The first kappa shape index (κ1) is 15.2. The fourth-order valence-electron chi connectivity index (χ4n) is 2.84. The minimum atomic E-state index is 0.179. The van der Waals surface area contributed by atoms with Gasteiger partial charge in [-0.2, -0.15) is 16.3 Å². The summed E-state index contributed by atoms with van der Waals surface area (Å²) < 4.78 is 5.21. The number of thiophene rings is 1. The zero-order valence-electron chi connectivity index (χ0n) is 13.0. The molecule has 1 aliphatic heterocycles. The van der Waals surface area contributed by atoms with Gasteiger partial charge in [0.15, 0.2) is 5.82 Å². The lowest BCUT2D eigenvalue weighted by Gasteiger charge is -2.24. The van der Waals surface area contributed by atoms with E-state index in [0.717, 1.165) is 19.4 Å². The van der Waals surface area contributed by atoms with Gasteiger partial charge in [0.2, 0.25) is 11.8 Å². The van der Waals surface area contributed by atoms with Crippen LogP contribution in [0.15, 0.2) is 21.3 Å². The first-order valence-electron chi connectivity index (χ1n) is 7.79. The summed E-state index contributed by atoms with van der Waals surface area (Å²) in [6.07, 6.45) is 3.08. The molecular weight excluding hydrogens is 298 g/mol. The molecule has 5 nitrogen and oxygen atoms in total. The van der Waals surface area contributed by atoms with Gasteiger partial charge in [-0.3, -0.25) is 4.79 Å². The zero-order valence-corrected chi connectivity index (χ0v) is 13.8. The summed E-state index contributed by atoms with van der Waals surface area (Å²) in [5.41, 5.74) is 1.26. The second-order valence-corrected chi connectivity index (χ2v) is 6.78. The number of likely N-dealkylation sites (tertiary alicyclic amines) is 1. The third-order valence-corrected chi connectivity index (χ3v) is 4.76. The van der Waals surface area contributed by atoms with Crippen molar-refractivity contribution >= 4 is 17.2 Å². The van der Waals surface area contributed by atoms with Crippen molar-refractivity contribution in [2.24, 2.45) is 0 Å². The van der Waals surface area contributed by atoms with E-state index in [1.165, 1.54) is 5.56 Å². The smallest absolute Gasteiger partial charge is 0.227 e.